The van der Waals surface area contributed by atoms with Gasteiger partial charge in [-0.3, -0.25) is 4.79 Å². The van der Waals surface area contributed by atoms with E-state index in [4.69, 9.17) is 30.5 Å². The number of esters is 1. The second-order valence-electron chi connectivity index (χ2n) is 16.2. The smallest absolute Gasteiger partial charge is 0.310 e. The van der Waals surface area contributed by atoms with Crippen LogP contribution in [0.4, 0.5) is 0 Å². The zero-order valence-corrected chi connectivity index (χ0v) is 30.0. The number of epoxide rings is 1. The van der Waals surface area contributed by atoms with Gasteiger partial charge in [-0.05, 0) is 31.3 Å². The number of carbonyl (C=O) groups excluding carboxylic acids is 1. The topological polar surface area (TPSA) is 199 Å². The van der Waals surface area contributed by atoms with E-state index in [0.29, 0.717) is 12.8 Å². The molecule has 1 aromatic rings. The average Bonchev–Trinajstić information content (AvgIpc) is 3.79. The summed E-state index contributed by atoms with van der Waals surface area (Å²) in [5.74, 6) is -6.07. The van der Waals surface area contributed by atoms with Crippen molar-refractivity contribution in [2.75, 3.05) is 13.2 Å². The Morgan fingerprint density at radius 2 is 1.59 bits per heavy atom. The number of hydrogen-bond acceptors (Lipinski definition) is 12. The van der Waals surface area contributed by atoms with Gasteiger partial charge in [-0.25, -0.2) is 0 Å². The van der Waals surface area contributed by atoms with E-state index in [-0.39, 0.29) is 35.5 Å². The molecule has 0 radical (unpaired) electrons. The standard InChI is InChI=1S/C38H51ClO12/c1-21-11-7-4-5-8-12-22(2)31(42)48-29-24(18-39)15-27-36(29,46)32(43)34(20-41)30(49-34)26-17-35(45,33(44,16-21)19-40)28-23(3)37(26,27)51-38(47,50-28)25-13-9-6-10-14-25/h6,9-10,13-15,18,21-23,26,28-30,32,40-41,43-47H,4-5,7-8,11-12,16-17,19-20H2,1-3H3/b24-18+/t21-,22-,23+,26?,28-,29-,30-,32+,33-,34-,35+,36+,37+,38?/m0/s1. The SMILES string of the molecule is C[C@H]1CCCCCC[C@H](C)C(=O)O[C@H]2/C(=C/Cl)C=C3[C@]2(O)[C@H](O)[C@@]2(CO)O[C@H]2C2C[C@@](O)([C@H]4OC(O)(c5ccccc5)O[C@@]32[C@@H]4C)[C@@](O)(CO)C1. The molecule has 0 amide bonds. The monoisotopic (exact) mass is 734 g/mol. The van der Waals surface area contributed by atoms with Gasteiger partial charge in [-0.15, -0.1) is 0 Å². The van der Waals surface area contributed by atoms with Crippen LogP contribution in [-0.2, 0) is 29.7 Å². The van der Waals surface area contributed by atoms with Gasteiger partial charge in [0, 0.05) is 34.1 Å². The van der Waals surface area contributed by atoms with E-state index in [9.17, 15) is 40.5 Å². The summed E-state index contributed by atoms with van der Waals surface area (Å²) in [6, 6.07) is 8.15. The highest BCUT2D eigenvalue weighted by atomic mass is 35.5. The minimum atomic E-state index is -2.62. The number of carbonyl (C=O) groups is 1. The maximum absolute atomic E-state index is 13.7. The summed E-state index contributed by atoms with van der Waals surface area (Å²) in [6.45, 7) is 3.73. The summed E-state index contributed by atoms with van der Waals surface area (Å²) in [4.78, 5) is 13.7. The fourth-order valence-electron chi connectivity index (χ4n) is 10.3. The molecule has 7 bridgehead atoms. The minimum Gasteiger partial charge on any atom is -0.454 e. The van der Waals surface area contributed by atoms with Crippen LogP contribution in [0.25, 0.3) is 0 Å². The number of halogens is 1. The van der Waals surface area contributed by atoms with Gasteiger partial charge in [0.2, 0.25) is 0 Å². The van der Waals surface area contributed by atoms with Gasteiger partial charge >= 0.3 is 11.9 Å². The van der Waals surface area contributed by atoms with Gasteiger partial charge in [0.1, 0.15) is 34.6 Å². The Morgan fingerprint density at radius 3 is 2.24 bits per heavy atom. The number of hydrogen-bond donors (Lipinski definition) is 7. The van der Waals surface area contributed by atoms with Gasteiger partial charge in [0.15, 0.2) is 11.7 Å². The molecule has 12 nitrogen and oxygen atoms in total. The highest BCUT2D eigenvalue weighted by Gasteiger charge is 2.85. The van der Waals surface area contributed by atoms with Crippen molar-refractivity contribution in [3.05, 3.63) is 58.7 Å². The molecule has 51 heavy (non-hydrogen) atoms. The van der Waals surface area contributed by atoms with Crippen LogP contribution in [0.1, 0.15) is 77.7 Å². The van der Waals surface area contributed by atoms with Crippen LogP contribution >= 0.6 is 11.6 Å². The first-order valence-electron chi connectivity index (χ1n) is 18.3. The van der Waals surface area contributed by atoms with E-state index in [2.05, 4.69) is 0 Å². The molecular formula is C38H51ClO12. The van der Waals surface area contributed by atoms with E-state index in [1.54, 1.807) is 44.2 Å². The van der Waals surface area contributed by atoms with Crippen molar-refractivity contribution in [2.24, 2.45) is 23.7 Å². The lowest BCUT2D eigenvalue weighted by molar-refractivity contribution is -0.499. The Hall–Kier alpha value is -1.94. The predicted molar refractivity (Wildman–Crippen MR) is 181 cm³/mol. The van der Waals surface area contributed by atoms with E-state index >= 15 is 0 Å². The number of aliphatic hydroxyl groups is 7. The van der Waals surface area contributed by atoms with E-state index in [1.165, 1.54) is 6.08 Å². The van der Waals surface area contributed by atoms with Crippen LogP contribution in [0.3, 0.4) is 0 Å². The molecule has 3 aliphatic carbocycles. The highest BCUT2D eigenvalue weighted by Crippen LogP contribution is 2.70. The highest BCUT2D eigenvalue weighted by molar-refractivity contribution is 6.26. The van der Waals surface area contributed by atoms with Crippen molar-refractivity contribution in [2.45, 2.75) is 131 Å². The first-order chi connectivity index (χ1) is 24.1. The summed E-state index contributed by atoms with van der Waals surface area (Å²) in [5.41, 5.74) is -9.25. The molecule has 13 heteroatoms. The molecule has 1 aromatic carbocycles. The molecule has 8 rings (SSSR count). The van der Waals surface area contributed by atoms with Gasteiger partial charge in [-0.1, -0.05) is 94.8 Å². The van der Waals surface area contributed by atoms with Gasteiger partial charge in [-0.2, -0.15) is 0 Å². The van der Waals surface area contributed by atoms with Crippen LogP contribution in [-0.4, -0.2) is 107 Å². The Labute approximate surface area is 302 Å². The second-order valence-corrected chi connectivity index (χ2v) is 16.4. The maximum Gasteiger partial charge on any atom is 0.310 e. The molecule has 1 spiro atoms. The van der Waals surface area contributed by atoms with Gasteiger partial charge < -0.3 is 54.7 Å². The normalized spacial score (nSPS) is 50.8. The van der Waals surface area contributed by atoms with Gasteiger partial charge in [0.25, 0.3) is 0 Å². The minimum absolute atomic E-state index is 0.00972. The Morgan fingerprint density at radius 1 is 0.902 bits per heavy atom. The molecule has 4 aliphatic heterocycles. The maximum atomic E-state index is 13.7. The molecule has 4 saturated heterocycles. The largest absolute Gasteiger partial charge is 0.454 e. The summed E-state index contributed by atoms with van der Waals surface area (Å²) >= 11 is 6.39. The molecule has 7 N–H and O–H groups in total. The third-order valence-electron chi connectivity index (χ3n) is 13.1. The van der Waals surface area contributed by atoms with Crippen molar-refractivity contribution in [3.63, 3.8) is 0 Å². The lowest BCUT2D eigenvalue weighted by atomic mass is 9.52. The first kappa shape index (κ1) is 37.4. The number of aliphatic hydroxyl groups excluding tert-OH is 3. The van der Waals surface area contributed by atoms with Crippen molar-refractivity contribution < 1.29 is 59.5 Å². The predicted octanol–water partition coefficient (Wildman–Crippen LogP) is 2.28. The molecule has 6 fully saturated rings. The van der Waals surface area contributed by atoms with E-state index < -0.39 is 95.3 Å². The molecule has 7 aliphatic rings. The van der Waals surface area contributed by atoms with Crippen LogP contribution < -0.4 is 0 Å². The molecule has 14 atom stereocenters. The summed E-state index contributed by atoms with van der Waals surface area (Å²) in [7, 11) is 0. The Bertz CT molecular complexity index is 1570. The quantitative estimate of drug-likeness (QED) is 0.177. The molecule has 2 unspecified atom stereocenters. The zero-order chi connectivity index (χ0) is 36.8. The summed E-state index contributed by atoms with van der Waals surface area (Å²) < 4.78 is 25.4. The second kappa shape index (κ2) is 12.8. The van der Waals surface area contributed by atoms with E-state index in [1.807, 2.05) is 6.92 Å². The van der Waals surface area contributed by atoms with Crippen molar-refractivity contribution in [1.82, 2.24) is 0 Å². The number of rotatable bonds is 3. The van der Waals surface area contributed by atoms with Crippen LogP contribution in [0.15, 0.2) is 53.1 Å². The van der Waals surface area contributed by atoms with Crippen LogP contribution in [0.5, 0.6) is 0 Å². The number of benzene rings is 1. The number of fused-ring (bicyclic) bond motifs is 12. The lowest BCUT2D eigenvalue weighted by Gasteiger charge is -2.66. The molecular weight excluding hydrogens is 684 g/mol. The molecule has 0 aromatic heterocycles. The summed E-state index contributed by atoms with van der Waals surface area (Å²) in [6.07, 6.45) is -0.463. The molecule has 4 heterocycles. The Balaban J connectivity index is 1.50. The van der Waals surface area contributed by atoms with Gasteiger partial charge in [0.05, 0.1) is 25.2 Å². The number of ether oxygens (including phenoxy) is 4. The third kappa shape index (κ3) is 5.20. The lowest BCUT2D eigenvalue weighted by Crippen LogP contribution is -2.79. The first-order valence-corrected chi connectivity index (χ1v) is 18.7. The average molecular weight is 735 g/mol. The fourth-order valence-corrected chi connectivity index (χ4v) is 10.5. The van der Waals surface area contributed by atoms with Crippen LogP contribution in [0, 0.1) is 23.7 Å². The molecule has 282 valence electrons. The van der Waals surface area contributed by atoms with Crippen molar-refractivity contribution in [3.8, 4) is 0 Å². The zero-order valence-electron chi connectivity index (χ0n) is 29.3. The Kier molecular flexibility index (Phi) is 9.41. The fraction of sp³-hybridized carbons (Fsp3) is 0.711. The van der Waals surface area contributed by atoms with Crippen LogP contribution in [0.2, 0.25) is 0 Å². The van der Waals surface area contributed by atoms with Crippen molar-refractivity contribution in [1.29, 1.82) is 0 Å². The van der Waals surface area contributed by atoms with E-state index in [0.717, 1.165) is 31.2 Å². The van der Waals surface area contributed by atoms with Crippen molar-refractivity contribution >= 4 is 17.6 Å². The third-order valence-corrected chi connectivity index (χ3v) is 13.4. The summed E-state index contributed by atoms with van der Waals surface area (Å²) in [5, 5.41) is 85.3. The molecule has 2 saturated carbocycles.